The summed E-state index contributed by atoms with van der Waals surface area (Å²) in [5, 5.41) is 7.07. The molecule has 72 valence electrons. The van der Waals surface area contributed by atoms with Gasteiger partial charge in [-0.05, 0) is 12.3 Å². The van der Waals surface area contributed by atoms with E-state index in [1.54, 1.807) is 0 Å². The van der Waals surface area contributed by atoms with Gasteiger partial charge in [0.05, 0.1) is 11.3 Å². The van der Waals surface area contributed by atoms with Crippen LogP contribution in [0.15, 0.2) is 0 Å². The van der Waals surface area contributed by atoms with Gasteiger partial charge in [-0.1, -0.05) is 13.8 Å². The molecule has 0 atom stereocenters. The first-order chi connectivity index (χ1) is 5.70. The minimum atomic E-state index is 0. The first kappa shape index (κ1) is 10.3. The van der Waals surface area contributed by atoms with Gasteiger partial charge in [-0.2, -0.15) is 18.6 Å². The number of nitrogens with zero attached hydrogens (tertiary/aromatic N) is 1. The zero-order valence-electron chi connectivity index (χ0n) is 7.85. The fourth-order valence-corrected chi connectivity index (χ4v) is 1.67. The Balaban J connectivity index is 0.000000845. The average molecular weight is 198 g/mol. The molecule has 13 heavy (non-hydrogen) atoms. The summed E-state index contributed by atoms with van der Waals surface area (Å²) in [7, 11) is 0. The summed E-state index contributed by atoms with van der Waals surface area (Å²) in [4.78, 5) is 11.4. The number of nitrogens with one attached hydrogen (secondary N) is 1. The number of ketones is 1. The van der Waals surface area contributed by atoms with Crippen LogP contribution < -0.4 is 0 Å². The summed E-state index contributed by atoms with van der Waals surface area (Å²) in [6.45, 7) is 4.12. The van der Waals surface area contributed by atoms with Crippen molar-refractivity contribution >= 4 is 19.3 Å². The van der Waals surface area contributed by atoms with E-state index in [2.05, 4.69) is 24.0 Å². The lowest BCUT2D eigenvalue weighted by Crippen LogP contribution is -1.98. The molecular formula is C9H14N2OS. The number of fused-ring (bicyclic) bond motifs is 1. The molecule has 1 heterocycles. The lowest BCUT2D eigenvalue weighted by molar-refractivity contribution is 0.0993. The Morgan fingerprint density at radius 2 is 2.08 bits per heavy atom. The first-order valence-electron chi connectivity index (χ1n) is 4.30. The molecule has 0 bridgehead atoms. The Morgan fingerprint density at radius 3 is 2.69 bits per heavy atom. The van der Waals surface area contributed by atoms with Crippen LogP contribution in [0.3, 0.4) is 0 Å². The van der Waals surface area contributed by atoms with E-state index in [-0.39, 0.29) is 19.3 Å². The zero-order chi connectivity index (χ0) is 8.72. The van der Waals surface area contributed by atoms with E-state index in [0.717, 1.165) is 23.4 Å². The predicted octanol–water partition coefficient (Wildman–Crippen LogP) is 1.77. The molecule has 0 aliphatic heterocycles. The number of Topliss-reactive ketones (excluding diaryl/α,β-unsaturated/α-hetero) is 1. The second kappa shape index (κ2) is 3.54. The molecule has 1 N–H and O–H groups in total. The van der Waals surface area contributed by atoms with Gasteiger partial charge in [0.25, 0.3) is 0 Å². The lowest BCUT2D eigenvalue weighted by Gasteiger charge is -2.00. The molecular weight excluding hydrogens is 184 g/mol. The van der Waals surface area contributed by atoms with Crippen LogP contribution in [0, 0.1) is 0 Å². The van der Waals surface area contributed by atoms with Crippen LogP contribution in [0.1, 0.15) is 47.9 Å². The Morgan fingerprint density at radius 1 is 1.38 bits per heavy atom. The van der Waals surface area contributed by atoms with Crippen molar-refractivity contribution in [2.24, 2.45) is 0 Å². The summed E-state index contributed by atoms with van der Waals surface area (Å²) < 4.78 is 0. The fourth-order valence-electron chi connectivity index (χ4n) is 1.67. The topological polar surface area (TPSA) is 45.8 Å². The molecule has 0 spiro atoms. The van der Waals surface area contributed by atoms with E-state index in [1.807, 2.05) is 0 Å². The van der Waals surface area contributed by atoms with E-state index in [9.17, 15) is 4.79 Å². The van der Waals surface area contributed by atoms with Gasteiger partial charge in [0.2, 0.25) is 0 Å². The van der Waals surface area contributed by atoms with Crippen LogP contribution in [0.2, 0.25) is 0 Å². The van der Waals surface area contributed by atoms with E-state index in [4.69, 9.17) is 0 Å². The second-order valence-corrected chi connectivity index (χ2v) is 3.54. The molecule has 0 fully saturated rings. The highest BCUT2D eigenvalue weighted by atomic mass is 32.1. The van der Waals surface area contributed by atoms with E-state index >= 15 is 0 Å². The third-order valence-electron chi connectivity index (χ3n) is 2.30. The summed E-state index contributed by atoms with van der Waals surface area (Å²) >= 11 is 0. The van der Waals surface area contributed by atoms with Gasteiger partial charge in [0, 0.05) is 12.1 Å². The Labute approximate surface area is 84.4 Å². The maximum atomic E-state index is 11.4. The molecule has 1 aliphatic rings. The monoisotopic (exact) mass is 198 g/mol. The highest BCUT2D eigenvalue weighted by Gasteiger charge is 2.26. The van der Waals surface area contributed by atoms with Gasteiger partial charge in [-0.15, -0.1) is 0 Å². The molecule has 1 aliphatic carbocycles. The molecule has 3 nitrogen and oxygen atoms in total. The molecule has 0 aromatic carbocycles. The number of carbonyl (C=O) groups is 1. The molecule has 0 saturated heterocycles. The van der Waals surface area contributed by atoms with Gasteiger partial charge in [-0.3, -0.25) is 9.89 Å². The smallest absolute Gasteiger partial charge is 0.166 e. The van der Waals surface area contributed by atoms with Crippen molar-refractivity contribution in [1.82, 2.24) is 10.2 Å². The van der Waals surface area contributed by atoms with Crippen molar-refractivity contribution < 1.29 is 4.79 Å². The van der Waals surface area contributed by atoms with Crippen molar-refractivity contribution in [3.05, 3.63) is 17.0 Å². The summed E-state index contributed by atoms with van der Waals surface area (Å²) in [6.07, 6.45) is 1.50. The Kier molecular flexibility index (Phi) is 2.81. The van der Waals surface area contributed by atoms with Crippen molar-refractivity contribution in [1.29, 1.82) is 0 Å². The van der Waals surface area contributed by atoms with E-state index in [0.29, 0.717) is 12.3 Å². The molecule has 0 saturated carbocycles. The Hall–Kier alpha value is -0.770. The van der Waals surface area contributed by atoms with E-state index in [1.165, 1.54) is 0 Å². The molecule has 4 heteroatoms. The first-order valence-corrected chi connectivity index (χ1v) is 4.30. The summed E-state index contributed by atoms with van der Waals surface area (Å²) in [5.74, 6) is 0.592. The predicted molar refractivity (Wildman–Crippen MR) is 55.7 cm³/mol. The Bertz CT molecular complexity index is 330. The number of carbonyl (C=O) groups excluding carboxylic acids is 1. The number of H-pyrrole nitrogens is 1. The van der Waals surface area contributed by atoms with Gasteiger partial charge in [-0.25, -0.2) is 0 Å². The zero-order valence-corrected chi connectivity index (χ0v) is 8.85. The third-order valence-corrected chi connectivity index (χ3v) is 2.30. The quantitative estimate of drug-likeness (QED) is 0.747. The van der Waals surface area contributed by atoms with Crippen LogP contribution in [-0.2, 0) is 6.42 Å². The van der Waals surface area contributed by atoms with Crippen LogP contribution in [0.5, 0.6) is 0 Å². The van der Waals surface area contributed by atoms with Crippen molar-refractivity contribution in [2.45, 2.75) is 32.6 Å². The second-order valence-electron chi connectivity index (χ2n) is 3.54. The average Bonchev–Trinajstić information content (AvgIpc) is 2.53. The van der Waals surface area contributed by atoms with Gasteiger partial charge in [0.1, 0.15) is 0 Å². The molecule has 0 radical (unpaired) electrons. The number of aromatic amines is 1. The molecule has 1 aromatic heterocycles. The van der Waals surface area contributed by atoms with Gasteiger partial charge >= 0.3 is 0 Å². The highest BCUT2D eigenvalue weighted by Crippen LogP contribution is 2.27. The molecule has 0 amide bonds. The summed E-state index contributed by atoms with van der Waals surface area (Å²) in [6, 6.07) is 0. The van der Waals surface area contributed by atoms with Crippen molar-refractivity contribution in [2.75, 3.05) is 0 Å². The van der Waals surface area contributed by atoms with Crippen LogP contribution in [-0.4, -0.2) is 16.0 Å². The summed E-state index contributed by atoms with van der Waals surface area (Å²) in [5.41, 5.74) is 2.83. The molecule has 2 rings (SSSR count). The van der Waals surface area contributed by atoms with Gasteiger partial charge in [0.15, 0.2) is 5.78 Å². The number of aryl methyl sites for hydroxylation is 1. The SMILES string of the molecule is CC(C)c1n[nH]c2c1C(=O)CC2.S. The maximum absolute atomic E-state index is 11.4. The standard InChI is InChI=1S/C9H12N2O.H2S/c1-5(2)9-8-6(10-11-9)3-4-7(8)12;/h5H,3-4H2,1-2H3,(H,10,11);1H2. The number of rotatable bonds is 1. The van der Waals surface area contributed by atoms with Crippen molar-refractivity contribution in [3.8, 4) is 0 Å². The normalized spacial score (nSPS) is 14.5. The van der Waals surface area contributed by atoms with Gasteiger partial charge < -0.3 is 0 Å². The van der Waals surface area contributed by atoms with E-state index < -0.39 is 0 Å². The molecule has 0 unspecified atom stereocenters. The number of hydrogen-bond acceptors (Lipinski definition) is 2. The van der Waals surface area contributed by atoms with Crippen LogP contribution in [0.4, 0.5) is 0 Å². The minimum absolute atomic E-state index is 0. The number of hydrogen-bond donors (Lipinski definition) is 1. The largest absolute Gasteiger partial charge is 0.294 e. The number of aromatic nitrogens is 2. The highest BCUT2D eigenvalue weighted by molar-refractivity contribution is 7.59. The minimum Gasteiger partial charge on any atom is -0.294 e. The maximum Gasteiger partial charge on any atom is 0.166 e. The third kappa shape index (κ3) is 1.50. The molecule has 1 aromatic rings. The van der Waals surface area contributed by atoms with Crippen LogP contribution >= 0.6 is 13.5 Å². The fraction of sp³-hybridized carbons (Fsp3) is 0.556. The van der Waals surface area contributed by atoms with Crippen molar-refractivity contribution in [3.63, 3.8) is 0 Å². The van der Waals surface area contributed by atoms with Crippen LogP contribution in [0.25, 0.3) is 0 Å². The lowest BCUT2D eigenvalue weighted by atomic mass is 10.0.